The van der Waals surface area contributed by atoms with Gasteiger partial charge in [0.15, 0.2) is 12.1 Å². The van der Waals surface area contributed by atoms with Crippen molar-refractivity contribution in [3.63, 3.8) is 0 Å². The molecule has 296 valence electrons. The summed E-state index contributed by atoms with van der Waals surface area (Å²) in [7, 11) is 3.82. The number of aromatic nitrogens is 1. The van der Waals surface area contributed by atoms with Crippen LogP contribution in [0.15, 0.2) is 36.5 Å². The van der Waals surface area contributed by atoms with E-state index < -0.39 is 65.5 Å². The minimum Gasteiger partial charge on any atom is -0.459 e. The summed E-state index contributed by atoms with van der Waals surface area (Å²) in [6, 6.07) is 7.70. The maximum absolute atomic E-state index is 14.4. The van der Waals surface area contributed by atoms with Crippen LogP contribution in [0, 0.1) is 23.7 Å². The smallest absolute Gasteiger partial charge is 0.316 e. The minimum absolute atomic E-state index is 0.0724. The standard InChI is InChI=1S/C41H63N3O9/c1-11-32-41(8,48)37-25(4)33(43-22-49-37)23(2)20-40(7,50-18-14-15-28-21-42-30-17-13-12-16-29(28)30)36(26(5)34(45)27(6)38(47)52-32)53-39-35(46)31(44(9)10)19-24(3)51-39/h12-17,21,23-27,31-33,35-37,39,42-43,46,48H,11,18-20,22H2,1-10H3/b15-14+/t23-,24-,25+,26+,27-,31+,32-,33+,35-,36-,37-,39+,40+,41-/m1/s1. The molecule has 14 atom stereocenters. The molecule has 2 aromatic rings. The molecule has 0 aliphatic carbocycles. The number of carbonyl (C=O) groups is 2. The molecule has 3 saturated heterocycles. The third-order valence-corrected chi connectivity index (χ3v) is 12.1. The monoisotopic (exact) mass is 741 g/mol. The Kier molecular flexibility index (Phi) is 13.3. The van der Waals surface area contributed by atoms with Gasteiger partial charge in [-0.3, -0.25) is 14.9 Å². The number of hydrogen-bond acceptors (Lipinski definition) is 11. The number of rotatable bonds is 8. The van der Waals surface area contributed by atoms with E-state index in [9.17, 15) is 19.8 Å². The van der Waals surface area contributed by atoms with Crippen molar-refractivity contribution in [2.75, 3.05) is 27.4 Å². The van der Waals surface area contributed by atoms with Gasteiger partial charge in [0.2, 0.25) is 0 Å². The summed E-state index contributed by atoms with van der Waals surface area (Å²) < 4.78 is 32.1. The third kappa shape index (κ3) is 8.75. The van der Waals surface area contributed by atoms with Crippen molar-refractivity contribution in [1.29, 1.82) is 0 Å². The van der Waals surface area contributed by atoms with E-state index >= 15 is 0 Å². The highest BCUT2D eigenvalue weighted by atomic mass is 16.7. The van der Waals surface area contributed by atoms with Crippen molar-refractivity contribution in [3.05, 3.63) is 42.1 Å². The number of nitrogens with zero attached hydrogens (tertiary/aromatic N) is 1. The molecule has 12 nitrogen and oxygen atoms in total. The summed E-state index contributed by atoms with van der Waals surface area (Å²) in [5.74, 6) is -3.44. The van der Waals surface area contributed by atoms with Gasteiger partial charge >= 0.3 is 5.97 Å². The van der Waals surface area contributed by atoms with Crippen LogP contribution in [0.1, 0.15) is 80.2 Å². The maximum Gasteiger partial charge on any atom is 0.316 e. The first kappa shape index (κ1) is 41.5. The molecule has 53 heavy (non-hydrogen) atoms. The van der Waals surface area contributed by atoms with E-state index in [1.165, 1.54) is 6.92 Å². The van der Waals surface area contributed by atoms with Crippen molar-refractivity contribution in [3.8, 4) is 0 Å². The van der Waals surface area contributed by atoms with Crippen LogP contribution in [0.3, 0.4) is 0 Å². The van der Waals surface area contributed by atoms with Gasteiger partial charge in [0, 0.05) is 41.0 Å². The molecule has 0 spiro atoms. The second-order valence-electron chi connectivity index (χ2n) is 16.4. The number of aromatic amines is 1. The maximum atomic E-state index is 14.4. The molecule has 3 fully saturated rings. The number of likely N-dealkylation sites (N-methyl/N-ethyl adjacent to an activating group) is 1. The first-order valence-electron chi connectivity index (χ1n) is 19.3. The van der Waals surface area contributed by atoms with Crippen LogP contribution in [0.5, 0.6) is 0 Å². The number of hydrogen-bond donors (Lipinski definition) is 4. The number of ether oxygens (including phenoxy) is 5. The number of para-hydroxylation sites is 1. The summed E-state index contributed by atoms with van der Waals surface area (Å²) in [4.78, 5) is 33.4. The SMILES string of the molecule is CC[C@H]1OC(=O)[C@H](C)C(=O)[C@H](C)[C@@H](O[C@@H]2O[C@H](C)C[C@H](N(C)C)[C@H]2O)[C@@](C)(OC/C=C/c2c[nH]c3ccccc23)C[C@@H](C)[C@@H]2NCO[C@H]([C@H]2C)[C@]1(C)O. The van der Waals surface area contributed by atoms with Crippen LogP contribution in [-0.2, 0) is 33.3 Å². The van der Waals surface area contributed by atoms with E-state index in [1.807, 2.05) is 83.2 Å². The molecule has 0 amide bonds. The van der Waals surface area contributed by atoms with Gasteiger partial charge in [-0.25, -0.2) is 0 Å². The normalized spacial score (nSPS) is 40.8. The van der Waals surface area contributed by atoms with E-state index in [2.05, 4.69) is 23.3 Å². The number of esters is 1. The Balaban J connectivity index is 1.56. The lowest BCUT2D eigenvalue weighted by molar-refractivity contribution is -0.297. The van der Waals surface area contributed by atoms with Crippen molar-refractivity contribution < 1.29 is 43.5 Å². The van der Waals surface area contributed by atoms with E-state index in [4.69, 9.17) is 23.7 Å². The molecular weight excluding hydrogens is 678 g/mol. The number of benzene rings is 1. The number of carbonyl (C=O) groups excluding carboxylic acids is 2. The highest BCUT2D eigenvalue weighted by Crippen LogP contribution is 2.41. The van der Waals surface area contributed by atoms with Gasteiger partial charge < -0.3 is 43.8 Å². The molecule has 1 aromatic heterocycles. The number of cyclic esters (lactones) is 1. The molecule has 4 heterocycles. The number of ketones is 1. The molecule has 5 rings (SSSR count). The predicted octanol–water partition coefficient (Wildman–Crippen LogP) is 4.67. The zero-order valence-electron chi connectivity index (χ0n) is 33.2. The Bertz CT molecular complexity index is 1580. The zero-order valence-corrected chi connectivity index (χ0v) is 33.2. The molecular formula is C41H63N3O9. The molecule has 0 radical (unpaired) electrons. The second-order valence-corrected chi connectivity index (χ2v) is 16.4. The fourth-order valence-corrected chi connectivity index (χ4v) is 9.14. The van der Waals surface area contributed by atoms with Crippen molar-refractivity contribution in [2.24, 2.45) is 23.7 Å². The van der Waals surface area contributed by atoms with Gasteiger partial charge in [0.1, 0.15) is 23.7 Å². The zero-order chi connectivity index (χ0) is 38.8. The summed E-state index contributed by atoms with van der Waals surface area (Å²) in [6.07, 6.45) is 2.50. The predicted molar refractivity (Wildman–Crippen MR) is 203 cm³/mol. The van der Waals surface area contributed by atoms with Gasteiger partial charge in [0.05, 0.1) is 37.3 Å². The van der Waals surface area contributed by atoms with E-state index in [-0.39, 0.29) is 43.4 Å². The first-order chi connectivity index (χ1) is 25.0. The largest absolute Gasteiger partial charge is 0.459 e. The van der Waals surface area contributed by atoms with Crippen LogP contribution in [0.4, 0.5) is 0 Å². The van der Waals surface area contributed by atoms with Crippen LogP contribution in [0.25, 0.3) is 17.0 Å². The van der Waals surface area contributed by atoms with E-state index in [0.717, 1.165) is 16.5 Å². The van der Waals surface area contributed by atoms with Gasteiger partial charge in [-0.2, -0.15) is 0 Å². The van der Waals surface area contributed by atoms with Crippen molar-refractivity contribution >= 4 is 28.7 Å². The molecule has 4 N–H and O–H groups in total. The molecule has 0 saturated carbocycles. The van der Waals surface area contributed by atoms with Crippen LogP contribution < -0.4 is 5.32 Å². The molecule has 0 unspecified atom stereocenters. The molecule has 1 aromatic carbocycles. The number of aliphatic hydroxyl groups is 2. The summed E-state index contributed by atoms with van der Waals surface area (Å²) >= 11 is 0. The molecule has 12 heteroatoms. The number of H-pyrrole nitrogens is 1. The summed E-state index contributed by atoms with van der Waals surface area (Å²) in [5, 5.41) is 28.1. The fraction of sp³-hybridized carbons (Fsp3) is 0.707. The average molecular weight is 742 g/mol. The Morgan fingerprint density at radius 3 is 2.51 bits per heavy atom. The highest BCUT2D eigenvalue weighted by Gasteiger charge is 2.53. The van der Waals surface area contributed by atoms with E-state index in [1.54, 1.807) is 13.8 Å². The van der Waals surface area contributed by atoms with Crippen LogP contribution in [-0.4, -0.2) is 119 Å². The number of nitrogens with one attached hydrogen (secondary N) is 2. The third-order valence-electron chi connectivity index (χ3n) is 12.1. The van der Waals surface area contributed by atoms with Gasteiger partial charge in [0.25, 0.3) is 0 Å². The molecule has 3 aliphatic heterocycles. The van der Waals surface area contributed by atoms with Gasteiger partial charge in [-0.15, -0.1) is 0 Å². The quantitative estimate of drug-likeness (QED) is 0.221. The lowest BCUT2D eigenvalue weighted by Crippen LogP contribution is -2.64. The number of fused-ring (bicyclic) bond motifs is 3. The topological polar surface area (TPSA) is 152 Å². The lowest BCUT2D eigenvalue weighted by atomic mass is 9.72. The Labute approximate surface area is 314 Å². The highest BCUT2D eigenvalue weighted by molar-refractivity contribution is 6.00. The number of aliphatic hydroxyl groups excluding tert-OH is 1. The van der Waals surface area contributed by atoms with Crippen LogP contribution in [0.2, 0.25) is 0 Å². The van der Waals surface area contributed by atoms with Gasteiger partial charge in [-0.1, -0.05) is 58.0 Å². The lowest BCUT2D eigenvalue weighted by Gasteiger charge is -2.50. The molecule has 3 aliphatic rings. The summed E-state index contributed by atoms with van der Waals surface area (Å²) in [5.41, 5.74) is -0.600. The van der Waals surface area contributed by atoms with E-state index in [0.29, 0.717) is 19.3 Å². The average Bonchev–Trinajstić information content (AvgIpc) is 3.53. The second kappa shape index (κ2) is 17.0. The minimum atomic E-state index is -1.52. The van der Waals surface area contributed by atoms with Crippen LogP contribution >= 0.6 is 0 Å². The summed E-state index contributed by atoms with van der Waals surface area (Å²) in [6.45, 7) is 15.2. The Hall–Kier alpha value is -2.68. The Morgan fingerprint density at radius 2 is 1.81 bits per heavy atom. The number of Topliss-reactive ketones (excluding diaryl/α,β-unsaturated/α-hetero) is 1. The first-order valence-corrected chi connectivity index (χ1v) is 19.3. The molecule has 2 bridgehead atoms. The van der Waals surface area contributed by atoms with Gasteiger partial charge in [-0.05, 0) is 78.6 Å². The fourth-order valence-electron chi connectivity index (χ4n) is 9.14. The van der Waals surface area contributed by atoms with Crippen molar-refractivity contribution in [1.82, 2.24) is 15.2 Å². The Morgan fingerprint density at radius 1 is 1.09 bits per heavy atom. The van der Waals surface area contributed by atoms with Crippen molar-refractivity contribution in [2.45, 2.75) is 135 Å².